The van der Waals surface area contributed by atoms with E-state index in [0.29, 0.717) is 5.56 Å². The van der Waals surface area contributed by atoms with Crippen LogP contribution in [0.4, 0.5) is 13.2 Å². The summed E-state index contributed by atoms with van der Waals surface area (Å²) in [7, 11) is 0. The highest BCUT2D eigenvalue weighted by Gasteiger charge is 2.33. The number of halogens is 3. The molecule has 0 aliphatic rings. The van der Waals surface area contributed by atoms with Crippen LogP contribution in [-0.2, 0) is 6.18 Å². The summed E-state index contributed by atoms with van der Waals surface area (Å²) in [5.41, 5.74) is -0.757. The predicted octanol–water partition coefficient (Wildman–Crippen LogP) is 3.67. The average Bonchev–Trinajstić information content (AvgIpc) is 2.27. The minimum Gasteiger partial charge on any atom is -0.328 e. The van der Waals surface area contributed by atoms with Crippen molar-refractivity contribution in [3.8, 4) is 0 Å². The molecule has 96 valence electrons. The summed E-state index contributed by atoms with van der Waals surface area (Å²) in [6, 6.07) is 3.67. The van der Waals surface area contributed by atoms with Gasteiger partial charge in [0.2, 0.25) is 0 Å². The monoisotopic (exact) mass is 255 g/mol. The van der Waals surface area contributed by atoms with Gasteiger partial charge in [-0.05, 0) is 23.6 Å². The highest BCUT2D eigenvalue weighted by Crippen LogP contribution is 2.36. The van der Waals surface area contributed by atoms with Gasteiger partial charge in [-0.3, -0.25) is 4.79 Å². The SMILES string of the molecule is CC(C)c1c[nH]c(=O)c2cccc(C(F)(F)F)c12. The Labute approximate surface area is 101 Å². The normalized spacial score (nSPS) is 12.3. The lowest BCUT2D eigenvalue weighted by molar-refractivity contribution is -0.136. The van der Waals surface area contributed by atoms with Gasteiger partial charge in [0.25, 0.3) is 5.56 Å². The van der Waals surface area contributed by atoms with E-state index >= 15 is 0 Å². The Hall–Kier alpha value is -1.78. The molecule has 0 saturated heterocycles. The van der Waals surface area contributed by atoms with E-state index in [1.165, 1.54) is 18.3 Å². The molecule has 0 radical (unpaired) electrons. The number of pyridine rings is 1. The minimum absolute atomic E-state index is 0.00347. The van der Waals surface area contributed by atoms with Crippen molar-refractivity contribution in [1.82, 2.24) is 4.98 Å². The molecule has 0 spiro atoms. The topological polar surface area (TPSA) is 32.9 Å². The molecule has 0 unspecified atom stereocenters. The van der Waals surface area contributed by atoms with Gasteiger partial charge in [-0.1, -0.05) is 19.9 Å². The standard InChI is InChI=1S/C13H12F3NO/c1-7(2)9-6-17-12(18)8-4-3-5-10(11(8)9)13(14,15)16/h3-7H,1-2H3,(H,17,18). The van der Waals surface area contributed by atoms with Crippen LogP contribution in [0.25, 0.3) is 10.8 Å². The molecule has 18 heavy (non-hydrogen) atoms. The number of benzene rings is 1. The molecule has 0 amide bonds. The Morgan fingerprint density at radius 2 is 1.89 bits per heavy atom. The van der Waals surface area contributed by atoms with Crippen molar-refractivity contribution >= 4 is 10.8 Å². The number of rotatable bonds is 1. The van der Waals surface area contributed by atoms with E-state index in [-0.39, 0.29) is 16.7 Å². The van der Waals surface area contributed by atoms with Gasteiger partial charge in [0.15, 0.2) is 0 Å². The molecule has 2 nitrogen and oxygen atoms in total. The summed E-state index contributed by atoms with van der Waals surface area (Å²) in [5.74, 6) is -0.104. The molecule has 0 atom stereocenters. The second kappa shape index (κ2) is 4.15. The van der Waals surface area contributed by atoms with Crippen LogP contribution < -0.4 is 5.56 Å². The summed E-state index contributed by atoms with van der Waals surface area (Å²) >= 11 is 0. The minimum atomic E-state index is -4.46. The van der Waals surface area contributed by atoms with Crippen LogP contribution in [0.5, 0.6) is 0 Å². The Bertz CT molecular complexity index is 641. The third-order valence-electron chi connectivity index (χ3n) is 2.88. The molecule has 2 rings (SSSR count). The van der Waals surface area contributed by atoms with Crippen LogP contribution in [0, 0.1) is 0 Å². The molecular weight excluding hydrogens is 243 g/mol. The lowest BCUT2D eigenvalue weighted by Gasteiger charge is -2.15. The fourth-order valence-corrected chi connectivity index (χ4v) is 2.04. The Morgan fingerprint density at radius 3 is 2.44 bits per heavy atom. The maximum Gasteiger partial charge on any atom is 0.417 e. The molecule has 0 aliphatic carbocycles. The first-order valence-corrected chi connectivity index (χ1v) is 5.54. The fourth-order valence-electron chi connectivity index (χ4n) is 2.04. The smallest absolute Gasteiger partial charge is 0.328 e. The number of fused-ring (bicyclic) bond motifs is 1. The zero-order chi connectivity index (χ0) is 13.5. The number of hydrogen-bond acceptors (Lipinski definition) is 1. The first kappa shape index (κ1) is 12.7. The van der Waals surface area contributed by atoms with E-state index in [1.54, 1.807) is 13.8 Å². The molecule has 1 N–H and O–H groups in total. The van der Waals surface area contributed by atoms with Gasteiger partial charge in [-0.15, -0.1) is 0 Å². The fraction of sp³-hybridized carbons (Fsp3) is 0.308. The Morgan fingerprint density at radius 1 is 1.22 bits per heavy atom. The number of aromatic amines is 1. The molecule has 5 heteroatoms. The van der Waals surface area contributed by atoms with Crippen molar-refractivity contribution < 1.29 is 13.2 Å². The highest BCUT2D eigenvalue weighted by molar-refractivity contribution is 5.88. The second-order valence-electron chi connectivity index (χ2n) is 4.45. The molecule has 0 bridgehead atoms. The van der Waals surface area contributed by atoms with Crippen molar-refractivity contribution in [3.63, 3.8) is 0 Å². The van der Waals surface area contributed by atoms with E-state index in [2.05, 4.69) is 4.98 Å². The lowest BCUT2D eigenvalue weighted by Crippen LogP contribution is -2.13. The number of hydrogen-bond donors (Lipinski definition) is 1. The lowest BCUT2D eigenvalue weighted by atomic mass is 9.95. The Kier molecular flexibility index (Phi) is 2.92. The van der Waals surface area contributed by atoms with Gasteiger partial charge < -0.3 is 4.98 Å². The van der Waals surface area contributed by atoms with E-state index in [4.69, 9.17) is 0 Å². The first-order valence-electron chi connectivity index (χ1n) is 5.54. The van der Waals surface area contributed by atoms with Crippen LogP contribution in [-0.4, -0.2) is 4.98 Å². The van der Waals surface area contributed by atoms with Crippen LogP contribution in [0.3, 0.4) is 0 Å². The van der Waals surface area contributed by atoms with Crippen molar-refractivity contribution in [2.24, 2.45) is 0 Å². The largest absolute Gasteiger partial charge is 0.417 e. The number of H-pyrrole nitrogens is 1. The van der Waals surface area contributed by atoms with E-state index in [1.807, 2.05) is 0 Å². The second-order valence-corrected chi connectivity index (χ2v) is 4.45. The molecule has 0 aliphatic heterocycles. The number of aromatic nitrogens is 1. The van der Waals surface area contributed by atoms with Crippen molar-refractivity contribution in [2.45, 2.75) is 25.9 Å². The molecular formula is C13H12F3NO. The number of nitrogens with one attached hydrogen (secondary N) is 1. The quantitative estimate of drug-likeness (QED) is 0.828. The number of alkyl halides is 3. The van der Waals surface area contributed by atoms with Crippen molar-refractivity contribution in [3.05, 3.63) is 45.9 Å². The van der Waals surface area contributed by atoms with Crippen LogP contribution in [0.1, 0.15) is 30.9 Å². The molecule has 1 aromatic heterocycles. The van der Waals surface area contributed by atoms with Gasteiger partial charge in [0, 0.05) is 17.0 Å². The van der Waals surface area contributed by atoms with Gasteiger partial charge in [0.1, 0.15) is 0 Å². The first-order chi connectivity index (χ1) is 8.32. The zero-order valence-corrected chi connectivity index (χ0v) is 9.93. The van der Waals surface area contributed by atoms with E-state index < -0.39 is 17.3 Å². The molecule has 1 aromatic carbocycles. The summed E-state index contributed by atoms with van der Waals surface area (Å²) in [6.45, 7) is 3.58. The highest BCUT2D eigenvalue weighted by atomic mass is 19.4. The van der Waals surface area contributed by atoms with Crippen LogP contribution in [0.2, 0.25) is 0 Å². The van der Waals surface area contributed by atoms with Crippen molar-refractivity contribution in [1.29, 1.82) is 0 Å². The summed E-state index contributed by atoms with van der Waals surface area (Å²) in [4.78, 5) is 14.1. The molecule has 0 saturated carbocycles. The maximum atomic E-state index is 13.0. The van der Waals surface area contributed by atoms with Crippen molar-refractivity contribution in [2.75, 3.05) is 0 Å². The molecule has 0 fully saturated rings. The molecule has 2 aromatic rings. The predicted molar refractivity (Wildman–Crippen MR) is 63.7 cm³/mol. The summed E-state index contributed by atoms with van der Waals surface area (Å²) in [6.07, 6.45) is -3.10. The van der Waals surface area contributed by atoms with Crippen LogP contribution in [0.15, 0.2) is 29.2 Å². The van der Waals surface area contributed by atoms with Gasteiger partial charge in [0.05, 0.1) is 5.56 Å². The molecule has 1 heterocycles. The van der Waals surface area contributed by atoms with E-state index in [9.17, 15) is 18.0 Å². The van der Waals surface area contributed by atoms with Gasteiger partial charge in [-0.2, -0.15) is 13.2 Å². The van der Waals surface area contributed by atoms with E-state index in [0.717, 1.165) is 6.07 Å². The van der Waals surface area contributed by atoms with Gasteiger partial charge in [-0.25, -0.2) is 0 Å². The average molecular weight is 255 g/mol. The summed E-state index contributed by atoms with van der Waals surface area (Å²) in [5, 5.41) is 0.0831. The van der Waals surface area contributed by atoms with Crippen LogP contribution >= 0.6 is 0 Å². The summed E-state index contributed by atoms with van der Waals surface area (Å²) < 4.78 is 38.9. The third kappa shape index (κ3) is 2.00. The maximum absolute atomic E-state index is 13.0. The zero-order valence-electron chi connectivity index (χ0n) is 9.93. The Balaban J connectivity index is 2.97. The third-order valence-corrected chi connectivity index (χ3v) is 2.88. The van der Waals surface area contributed by atoms with Gasteiger partial charge >= 0.3 is 6.18 Å².